The molecule has 1 atom stereocenters. The van der Waals surface area contributed by atoms with E-state index >= 15 is 0 Å². The van der Waals surface area contributed by atoms with E-state index in [2.05, 4.69) is 24.3 Å². The summed E-state index contributed by atoms with van der Waals surface area (Å²) in [5, 5.41) is 0. The summed E-state index contributed by atoms with van der Waals surface area (Å²) in [7, 11) is 0. The third-order valence-electron chi connectivity index (χ3n) is 3.46. The standard InChI is InChI=1S/C15H21NO2/c16-15(17)8-2-1-5-11-18-14-10-9-12-6-3-4-7-13(12)14/h3-4,6-7,14H,1-2,5,8-11H2,(H2,16,17). The molecule has 0 saturated heterocycles. The molecule has 0 aliphatic heterocycles. The van der Waals surface area contributed by atoms with Crippen LogP contribution >= 0.6 is 0 Å². The fraction of sp³-hybridized carbons (Fsp3) is 0.533. The average molecular weight is 247 g/mol. The molecule has 0 spiro atoms. The Morgan fingerprint density at radius 1 is 1.28 bits per heavy atom. The molecular weight excluding hydrogens is 226 g/mol. The van der Waals surface area contributed by atoms with E-state index in [1.165, 1.54) is 11.1 Å². The maximum Gasteiger partial charge on any atom is 0.217 e. The maximum atomic E-state index is 10.6. The van der Waals surface area contributed by atoms with Gasteiger partial charge in [0.2, 0.25) is 5.91 Å². The van der Waals surface area contributed by atoms with Gasteiger partial charge in [0, 0.05) is 13.0 Å². The Hall–Kier alpha value is -1.35. The second-order valence-corrected chi connectivity index (χ2v) is 4.87. The predicted octanol–water partition coefficient (Wildman–Crippen LogP) is 2.74. The maximum absolute atomic E-state index is 10.6. The Morgan fingerprint density at radius 3 is 2.94 bits per heavy atom. The highest BCUT2D eigenvalue weighted by Gasteiger charge is 2.21. The van der Waals surface area contributed by atoms with E-state index in [0.29, 0.717) is 6.42 Å². The Kier molecular flexibility index (Phi) is 4.76. The third-order valence-corrected chi connectivity index (χ3v) is 3.46. The lowest BCUT2D eigenvalue weighted by atomic mass is 10.1. The van der Waals surface area contributed by atoms with Crippen molar-refractivity contribution in [1.82, 2.24) is 0 Å². The highest BCUT2D eigenvalue weighted by molar-refractivity contribution is 5.73. The second kappa shape index (κ2) is 6.55. The molecule has 3 heteroatoms. The average Bonchev–Trinajstić information content (AvgIpc) is 2.77. The van der Waals surface area contributed by atoms with Crippen LogP contribution in [0.3, 0.4) is 0 Å². The van der Waals surface area contributed by atoms with Crippen LogP contribution in [-0.4, -0.2) is 12.5 Å². The van der Waals surface area contributed by atoms with Gasteiger partial charge in [-0.25, -0.2) is 0 Å². The number of rotatable bonds is 7. The molecule has 0 saturated carbocycles. The first-order valence-corrected chi connectivity index (χ1v) is 6.75. The molecule has 0 heterocycles. The molecule has 1 aliphatic rings. The van der Waals surface area contributed by atoms with Gasteiger partial charge in [0.05, 0.1) is 6.10 Å². The van der Waals surface area contributed by atoms with E-state index in [-0.39, 0.29) is 12.0 Å². The summed E-state index contributed by atoms with van der Waals surface area (Å²) < 4.78 is 5.92. The second-order valence-electron chi connectivity index (χ2n) is 4.87. The Balaban J connectivity index is 1.65. The zero-order valence-electron chi connectivity index (χ0n) is 10.7. The fourth-order valence-electron chi connectivity index (χ4n) is 2.49. The van der Waals surface area contributed by atoms with Crippen molar-refractivity contribution in [3.05, 3.63) is 35.4 Å². The summed E-state index contributed by atoms with van der Waals surface area (Å²) >= 11 is 0. The van der Waals surface area contributed by atoms with E-state index in [4.69, 9.17) is 10.5 Å². The first-order valence-electron chi connectivity index (χ1n) is 6.75. The minimum atomic E-state index is -0.208. The fourth-order valence-corrected chi connectivity index (χ4v) is 2.49. The zero-order chi connectivity index (χ0) is 12.8. The molecule has 2 N–H and O–H groups in total. The summed E-state index contributed by atoms with van der Waals surface area (Å²) in [5.74, 6) is -0.208. The summed E-state index contributed by atoms with van der Waals surface area (Å²) in [6, 6.07) is 8.52. The zero-order valence-corrected chi connectivity index (χ0v) is 10.7. The predicted molar refractivity (Wildman–Crippen MR) is 71.1 cm³/mol. The molecule has 0 aromatic heterocycles. The van der Waals surface area contributed by atoms with Gasteiger partial charge >= 0.3 is 0 Å². The lowest BCUT2D eigenvalue weighted by Gasteiger charge is -2.12. The molecule has 3 nitrogen and oxygen atoms in total. The molecule has 1 aromatic rings. The lowest BCUT2D eigenvalue weighted by Crippen LogP contribution is -2.09. The van der Waals surface area contributed by atoms with Crippen molar-refractivity contribution in [3.63, 3.8) is 0 Å². The number of nitrogens with two attached hydrogens (primary N) is 1. The van der Waals surface area contributed by atoms with Gasteiger partial charge in [-0.15, -0.1) is 0 Å². The SMILES string of the molecule is NC(=O)CCCCCOC1CCc2ccccc21. The minimum Gasteiger partial charge on any atom is -0.374 e. The molecule has 1 aliphatic carbocycles. The van der Waals surface area contributed by atoms with Crippen LogP contribution in [0.5, 0.6) is 0 Å². The highest BCUT2D eigenvalue weighted by atomic mass is 16.5. The van der Waals surface area contributed by atoms with Gasteiger partial charge in [0.25, 0.3) is 0 Å². The molecule has 2 rings (SSSR count). The summed E-state index contributed by atoms with van der Waals surface area (Å²) in [6.45, 7) is 0.776. The van der Waals surface area contributed by atoms with E-state index in [1.54, 1.807) is 0 Å². The quantitative estimate of drug-likeness (QED) is 0.753. The van der Waals surface area contributed by atoms with Crippen molar-refractivity contribution in [2.75, 3.05) is 6.61 Å². The molecule has 18 heavy (non-hydrogen) atoms. The summed E-state index contributed by atoms with van der Waals surface area (Å²) in [4.78, 5) is 10.6. The van der Waals surface area contributed by atoms with Crippen molar-refractivity contribution in [2.24, 2.45) is 5.73 Å². The number of amides is 1. The highest BCUT2D eigenvalue weighted by Crippen LogP contribution is 2.33. The number of fused-ring (bicyclic) bond motifs is 1. The molecule has 0 fully saturated rings. The third kappa shape index (κ3) is 3.57. The van der Waals surface area contributed by atoms with E-state index in [9.17, 15) is 4.79 Å². The normalized spacial score (nSPS) is 17.7. The topological polar surface area (TPSA) is 52.3 Å². The van der Waals surface area contributed by atoms with Gasteiger partial charge in [-0.05, 0) is 36.8 Å². The number of carbonyl (C=O) groups excluding carboxylic acids is 1. The smallest absolute Gasteiger partial charge is 0.217 e. The first-order chi connectivity index (χ1) is 8.77. The number of unbranched alkanes of at least 4 members (excludes halogenated alkanes) is 2. The van der Waals surface area contributed by atoms with Crippen molar-refractivity contribution in [1.29, 1.82) is 0 Å². The molecular formula is C15H21NO2. The van der Waals surface area contributed by atoms with Crippen molar-refractivity contribution in [3.8, 4) is 0 Å². The summed E-state index contributed by atoms with van der Waals surface area (Å²) in [5.41, 5.74) is 7.87. The lowest BCUT2D eigenvalue weighted by molar-refractivity contribution is -0.118. The molecule has 1 unspecified atom stereocenters. The molecule has 1 amide bonds. The number of benzene rings is 1. The number of carbonyl (C=O) groups is 1. The van der Waals surface area contributed by atoms with Gasteiger partial charge in [0.1, 0.15) is 0 Å². The van der Waals surface area contributed by atoms with Gasteiger partial charge in [-0.2, -0.15) is 0 Å². The molecule has 98 valence electrons. The van der Waals surface area contributed by atoms with Crippen LogP contribution in [0.15, 0.2) is 24.3 Å². The van der Waals surface area contributed by atoms with Crippen LogP contribution in [0, 0.1) is 0 Å². The van der Waals surface area contributed by atoms with Gasteiger partial charge in [0.15, 0.2) is 0 Å². The number of ether oxygens (including phenoxy) is 1. The Bertz CT molecular complexity index is 403. The molecule has 1 aromatic carbocycles. The van der Waals surface area contributed by atoms with E-state index in [0.717, 1.165) is 38.7 Å². The molecule has 0 radical (unpaired) electrons. The number of hydrogen-bond acceptors (Lipinski definition) is 2. The van der Waals surface area contributed by atoms with Crippen LogP contribution in [0.25, 0.3) is 0 Å². The summed E-state index contributed by atoms with van der Waals surface area (Å²) in [6.07, 6.45) is 5.89. The van der Waals surface area contributed by atoms with Crippen LogP contribution < -0.4 is 5.73 Å². The Labute approximate surface area is 108 Å². The minimum absolute atomic E-state index is 0.208. The van der Waals surface area contributed by atoms with Crippen LogP contribution in [0.1, 0.15) is 49.3 Å². The van der Waals surface area contributed by atoms with Gasteiger partial charge in [-0.3, -0.25) is 4.79 Å². The van der Waals surface area contributed by atoms with Crippen LogP contribution in [0.4, 0.5) is 0 Å². The van der Waals surface area contributed by atoms with Gasteiger partial charge in [-0.1, -0.05) is 30.7 Å². The number of primary amides is 1. The monoisotopic (exact) mass is 247 g/mol. The van der Waals surface area contributed by atoms with Crippen molar-refractivity contribution >= 4 is 5.91 Å². The van der Waals surface area contributed by atoms with Crippen LogP contribution in [0.2, 0.25) is 0 Å². The van der Waals surface area contributed by atoms with Crippen molar-refractivity contribution < 1.29 is 9.53 Å². The number of aryl methyl sites for hydroxylation is 1. The molecule has 0 bridgehead atoms. The van der Waals surface area contributed by atoms with Gasteiger partial charge < -0.3 is 10.5 Å². The first kappa shape index (κ1) is 13.1. The Morgan fingerprint density at radius 2 is 2.11 bits per heavy atom. The largest absolute Gasteiger partial charge is 0.374 e. The van der Waals surface area contributed by atoms with Crippen molar-refractivity contribution in [2.45, 2.75) is 44.6 Å². The number of hydrogen-bond donors (Lipinski definition) is 1. The van der Waals surface area contributed by atoms with E-state index in [1.807, 2.05) is 0 Å². The van der Waals surface area contributed by atoms with Crippen LogP contribution in [-0.2, 0) is 16.0 Å². The van der Waals surface area contributed by atoms with E-state index < -0.39 is 0 Å².